The Morgan fingerprint density at radius 2 is 1.71 bits per heavy atom. The second-order valence-corrected chi connectivity index (χ2v) is 4.52. The number of methoxy groups -OCH3 is 2. The van der Waals surface area contributed by atoms with E-state index in [2.05, 4.69) is 5.32 Å². The lowest BCUT2D eigenvalue weighted by atomic mass is 10.2. The van der Waals surface area contributed by atoms with Crippen LogP contribution in [0.25, 0.3) is 0 Å². The summed E-state index contributed by atoms with van der Waals surface area (Å²) in [7, 11) is 3.33. The lowest BCUT2D eigenvalue weighted by molar-refractivity contribution is 0.313. The summed E-state index contributed by atoms with van der Waals surface area (Å²) < 4.78 is 16.2. The fourth-order valence-electron chi connectivity index (χ4n) is 2.00. The molecule has 21 heavy (non-hydrogen) atoms. The molecule has 0 spiro atoms. The van der Waals surface area contributed by atoms with Crippen molar-refractivity contribution in [3.8, 4) is 17.2 Å². The second kappa shape index (κ2) is 8.17. The minimum atomic E-state index is 0.621. The van der Waals surface area contributed by atoms with Crippen LogP contribution >= 0.6 is 0 Å². The molecule has 1 N–H and O–H groups in total. The standard InChI is InChI=1S/C17H21NO3/c1-19-16-8-9-17(20-2)14(12-16)13-18-10-11-21-15-6-4-3-5-7-15/h3-9,12,18H,10-11,13H2,1-2H3. The Morgan fingerprint density at radius 3 is 2.43 bits per heavy atom. The number of para-hydroxylation sites is 1. The van der Waals surface area contributed by atoms with E-state index in [0.29, 0.717) is 13.2 Å². The highest BCUT2D eigenvalue weighted by molar-refractivity contribution is 5.40. The molecule has 0 heterocycles. The summed E-state index contributed by atoms with van der Waals surface area (Å²) in [6.45, 7) is 2.09. The summed E-state index contributed by atoms with van der Waals surface area (Å²) in [6.07, 6.45) is 0. The maximum atomic E-state index is 5.63. The maximum Gasteiger partial charge on any atom is 0.123 e. The van der Waals surface area contributed by atoms with E-state index in [9.17, 15) is 0 Å². The van der Waals surface area contributed by atoms with Crippen LogP contribution in [0.1, 0.15) is 5.56 Å². The molecule has 0 aliphatic carbocycles. The number of rotatable bonds is 8. The molecule has 0 fully saturated rings. The molecule has 0 atom stereocenters. The van der Waals surface area contributed by atoms with E-state index < -0.39 is 0 Å². The van der Waals surface area contributed by atoms with Crippen LogP contribution in [0, 0.1) is 0 Å². The quantitative estimate of drug-likeness (QED) is 0.758. The van der Waals surface area contributed by atoms with Crippen LogP contribution in [0.15, 0.2) is 48.5 Å². The zero-order valence-corrected chi connectivity index (χ0v) is 12.5. The monoisotopic (exact) mass is 287 g/mol. The number of ether oxygens (including phenoxy) is 3. The van der Waals surface area contributed by atoms with Crippen molar-refractivity contribution in [2.24, 2.45) is 0 Å². The Morgan fingerprint density at radius 1 is 0.905 bits per heavy atom. The van der Waals surface area contributed by atoms with Crippen LogP contribution in [0.2, 0.25) is 0 Å². The number of hydrogen-bond acceptors (Lipinski definition) is 4. The van der Waals surface area contributed by atoms with Crippen LogP contribution in [-0.2, 0) is 6.54 Å². The van der Waals surface area contributed by atoms with Crippen molar-refractivity contribution < 1.29 is 14.2 Å². The first-order valence-electron chi connectivity index (χ1n) is 6.93. The van der Waals surface area contributed by atoms with Gasteiger partial charge in [-0.1, -0.05) is 18.2 Å². The highest BCUT2D eigenvalue weighted by atomic mass is 16.5. The lowest BCUT2D eigenvalue weighted by Gasteiger charge is -2.12. The van der Waals surface area contributed by atoms with Crippen LogP contribution < -0.4 is 19.5 Å². The Labute approximate surface area is 125 Å². The predicted octanol–water partition coefficient (Wildman–Crippen LogP) is 2.87. The predicted molar refractivity (Wildman–Crippen MR) is 83.2 cm³/mol. The van der Waals surface area contributed by atoms with Gasteiger partial charge in [0.1, 0.15) is 23.9 Å². The maximum absolute atomic E-state index is 5.63. The van der Waals surface area contributed by atoms with Gasteiger partial charge in [-0.15, -0.1) is 0 Å². The first kappa shape index (κ1) is 15.2. The minimum Gasteiger partial charge on any atom is -0.497 e. The van der Waals surface area contributed by atoms with Gasteiger partial charge in [-0.3, -0.25) is 0 Å². The van der Waals surface area contributed by atoms with Crippen LogP contribution in [0.4, 0.5) is 0 Å². The average Bonchev–Trinajstić information content (AvgIpc) is 2.55. The van der Waals surface area contributed by atoms with E-state index >= 15 is 0 Å². The fourth-order valence-corrected chi connectivity index (χ4v) is 2.00. The van der Waals surface area contributed by atoms with Gasteiger partial charge in [0.25, 0.3) is 0 Å². The van der Waals surface area contributed by atoms with Crippen molar-refractivity contribution in [1.82, 2.24) is 5.32 Å². The summed E-state index contributed by atoms with van der Waals surface area (Å²) >= 11 is 0. The molecular weight excluding hydrogens is 266 g/mol. The molecule has 0 unspecified atom stereocenters. The normalized spacial score (nSPS) is 10.2. The molecule has 2 aromatic carbocycles. The first-order chi connectivity index (χ1) is 10.3. The topological polar surface area (TPSA) is 39.7 Å². The van der Waals surface area contributed by atoms with E-state index in [-0.39, 0.29) is 0 Å². The third-order valence-corrected chi connectivity index (χ3v) is 3.09. The molecule has 0 radical (unpaired) electrons. The van der Waals surface area contributed by atoms with E-state index in [0.717, 1.165) is 29.4 Å². The van der Waals surface area contributed by atoms with Gasteiger partial charge < -0.3 is 19.5 Å². The zero-order chi connectivity index (χ0) is 14.9. The third-order valence-electron chi connectivity index (χ3n) is 3.09. The van der Waals surface area contributed by atoms with Gasteiger partial charge in [0.2, 0.25) is 0 Å². The van der Waals surface area contributed by atoms with Gasteiger partial charge in [-0.25, -0.2) is 0 Å². The average molecular weight is 287 g/mol. The largest absolute Gasteiger partial charge is 0.497 e. The van der Waals surface area contributed by atoms with Gasteiger partial charge in [0.05, 0.1) is 14.2 Å². The van der Waals surface area contributed by atoms with Gasteiger partial charge in [-0.05, 0) is 30.3 Å². The second-order valence-electron chi connectivity index (χ2n) is 4.52. The van der Waals surface area contributed by atoms with E-state index in [1.807, 2.05) is 48.5 Å². The van der Waals surface area contributed by atoms with E-state index in [1.54, 1.807) is 14.2 Å². The van der Waals surface area contributed by atoms with Crippen molar-refractivity contribution in [2.45, 2.75) is 6.54 Å². The van der Waals surface area contributed by atoms with Crippen LogP contribution in [-0.4, -0.2) is 27.4 Å². The van der Waals surface area contributed by atoms with Gasteiger partial charge >= 0.3 is 0 Å². The summed E-state index contributed by atoms with van der Waals surface area (Å²) in [5.74, 6) is 2.57. The zero-order valence-electron chi connectivity index (χ0n) is 12.5. The molecule has 0 aliphatic heterocycles. The Kier molecular flexibility index (Phi) is 5.91. The number of hydrogen-bond donors (Lipinski definition) is 1. The Balaban J connectivity index is 1.78. The molecule has 0 saturated carbocycles. The SMILES string of the molecule is COc1ccc(OC)c(CNCCOc2ccccc2)c1. The lowest BCUT2D eigenvalue weighted by Crippen LogP contribution is -2.20. The van der Waals surface area contributed by atoms with Gasteiger partial charge in [0.15, 0.2) is 0 Å². The third kappa shape index (κ3) is 4.68. The molecule has 0 amide bonds. The Bertz CT molecular complexity index is 543. The fraction of sp³-hybridized carbons (Fsp3) is 0.294. The highest BCUT2D eigenvalue weighted by Crippen LogP contribution is 2.23. The van der Waals surface area contributed by atoms with Gasteiger partial charge in [0, 0.05) is 18.7 Å². The van der Waals surface area contributed by atoms with E-state index in [1.165, 1.54) is 0 Å². The molecule has 4 nitrogen and oxygen atoms in total. The van der Waals surface area contributed by atoms with Gasteiger partial charge in [-0.2, -0.15) is 0 Å². The summed E-state index contributed by atoms with van der Waals surface area (Å²) in [4.78, 5) is 0. The minimum absolute atomic E-state index is 0.621. The molecular formula is C17H21NO3. The molecule has 2 rings (SSSR count). The molecule has 0 aliphatic rings. The summed E-state index contributed by atoms with van der Waals surface area (Å²) in [6, 6.07) is 15.6. The van der Waals surface area contributed by atoms with Crippen molar-refractivity contribution in [3.63, 3.8) is 0 Å². The van der Waals surface area contributed by atoms with Crippen LogP contribution in [0.5, 0.6) is 17.2 Å². The Hall–Kier alpha value is -2.20. The summed E-state index contributed by atoms with van der Waals surface area (Å²) in [5.41, 5.74) is 1.07. The van der Waals surface area contributed by atoms with E-state index in [4.69, 9.17) is 14.2 Å². The van der Waals surface area contributed by atoms with Crippen molar-refractivity contribution in [1.29, 1.82) is 0 Å². The summed E-state index contributed by atoms with van der Waals surface area (Å²) in [5, 5.41) is 3.34. The molecule has 0 aromatic heterocycles. The molecule has 0 saturated heterocycles. The first-order valence-corrected chi connectivity index (χ1v) is 6.93. The smallest absolute Gasteiger partial charge is 0.123 e. The molecule has 2 aromatic rings. The van der Waals surface area contributed by atoms with Crippen molar-refractivity contribution in [2.75, 3.05) is 27.4 Å². The van der Waals surface area contributed by atoms with Crippen molar-refractivity contribution >= 4 is 0 Å². The van der Waals surface area contributed by atoms with Crippen molar-refractivity contribution in [3.05, 3.63) is 54.1 Å². The van der Waals surface area contributed by atoms with Crippen LogP contribution in [0.3, 0.4) is 0 Å². The molecule has 4 heteroatoms. The number of benzene rings is 2. The molecule has 112 valence electrons. The molecule has 0 bridgehead atoms. The highest BCUT2D eigenvalue weighted by Gasteiger charge is 2.04. The number of nitrogens with one attached hydrogen (secondary N) is 1.